The van der Waals surface area contributed by atoms with E-state index in [1.807, 2.05) is 24.3 Å². The highest BCUT2D eigenvalue weighted by Gasteiger charge is 2.34. The number of piperidine rings is 1. The number of nitrogens with one attached hydrogen (secondary N) is 2. The topological polar surface area (TPSA) is 86.3 Å². The number of aliphatic imine (C=N–C) groups is 1. The van der Waals surface area contributed by atoms with Gasteiger partial charge in [-0.15, -0.1) is 5.48 Å². The van der Waals surface area contributed by atoms with Gasteiger partial charge in [0.05, 0.1) is 5.69 Å². The molecule has 164 valence electrons. The zero-order valence-electron chi connectivity index (χ0n) is 18.4. The third kappa shape index (κ3) is 5.11. The number of benzene rings is 1. The van der Waals surface area contributed by atoms with Crippen LogP contribution in [0.4, 0.5) is 10.5 Å². The highest BCUT2D eigenvalue weighted by Crippen LogP contribution is 2.29. The maximum Gasteiger partial charge on any atom is 0.426 e. The van der Waals surface area contributed by atoms with Crippen molar-refractivity contribution < 1.29 is 14.4 Å². The summed E-state index contributed by atoms with van der Waals surface area (Å²) in [6.45, 7) is 11.0. The third-order valence-electron chi connectivity index (χ3n) is 5.40. The maximum absolute atomic E-state index is 13.4. The summed E-state index contributed by atoms with van der Waals surface area (Å²) < 4.78 is 0. The molecule has 0 radical (unpaired) electrons. The number of hydroxylamine groups is 1. The number of carbonyl (C=O) groups excluding carboxylic acids is 2. The summed E-state index contributed by atoms with van der Waals surface area (Å²) in [5, 5.41) is 2.55. The lowest BCUT2D eigenvalue weighted by Gasteiger charge is -2.33. The van der Waals surface area contributed by atoms with E-state index in [1.165, 1.54) is 0 Å². The van der Waals surface area contributed by atoms with Gasteiger partial charge >= 0.3 is 6.09 Å². The highest BCUT2D eigenvalue weighted by molar-refractivity contribution is 6.11. The Morgan fingerprint density at radius 2 is 1.97 bits per heavy atom. The smallest absolute Gasteiger partial charge is 0.356 e. The van der Waals surface area contributed by atoms with E-state index in [1.54, 1.807) is 11.8 Å². The molecule has 2 aliphatic heterocycles. The Labute approximate surface area is 178 Å². The molecule has 2 N–H and O–H groups in total. The Morgan fingerprint density at radius 1 is 1.27 bits per heavy atom. The molecule has 1 aromatic carbocycles. The van der Waals surface area contributed by atoms with Crippen LogP contribution in [0.3, 0.4) is 0 Å². The summed E-state index contributed by atoms with van der Waals surface area (Å²) >= 11 is 0. The standard InChI is InChI=1S/C22H33N5O3/c1-5-23-22(29)30-25-19-21(28)27(14-15(2)3)18-9-7-6-8-17(18)20(24-19)26-12-10-16(4)11-13-26/h6-9,15-16,19,25H,5,10-14H2,1-4H3,(H,23,29). The molecular formula is C22H33N5O3. The van der Waals surface area contributed by atoms with Crippen molar-refractivity contribution in [1.29, 1.82) is 0 Å². The molecule has 1 atom stereocenters. The van der Waals surface area contributed by atoms with Crippen molar-refractivity contribution in [3.63, 3.8) is 0 Å². The summed E-state index contributed by atoms with van der Waals surface area (Å²) in [6.07, 6.45) is 0.524. The first kappa shape index (κ1) is 22.1. The molecule has 1 unspecified atom stereocenters. The van der Waals surface area contributed by atoms with Crippen LogP contribution < -0.4 is 15.7 Å². The van der Waals surface area contributed by atoms with E-state index in [9.17, 15) is 9.59 Å². The number of para-hydroxylation sites is 1. The molecule has 2 heterocycles. The van der Waals surface area contributed by atoms with E-state index in [2.05, 4.69) is 36.5 Å². The summed E-state index contributed by atoms with van der Waals surface area (Å²) in [6, 6.07) is 7.89. The molecule has 0 bridgehead atoms. The Bertz CT molecular complexity index is 787. The van der Waals surface area contributed by atoms with Crippen molar-refractivity contribution in [1.82, 2.24) is 15.7 Å². The minimum Gasteiger partial charge on any atom is -0.356 e. The van der Waals surface area contributed by atoms with Gasteiger partial charge in [-0.2, -0.15) is 0 Å². The second-order valence-corrected chi connectivity index (χ2v) is 8.42. The van der Waals surface area contributed by atoms with Crippen molar-refractivity contribution in [2.75, 3.05) is 31.1 Å². The van der Waals surface area contributed by atoms with E-state index in [0.29, 0.717) is 19.0 Å². The third-order valence-corrected chi connectivity index (χ3v) is 5.40. The van der Waals surface area contributed by atoms with Crippen LogP contribution in [0.15, 0.2) is 29.3 Å². The first-order valence-electron chi connectivity index (χ1n) is 10.8. The molecule has 1 saturated heterocycles. The lowest BCUT2D eigenvalue weighted by Crippen LogP contribution is -2.48. The van der Waals surface area contributed by atoms with E-state index in [4.69, 9.17) is 9.83 Å². The maximum atomic E-state index is 13.4. The molecule has 2 amide bonds. The van der Waals surface area contributed by atoms with E-state index >= 15 is 0 Å². The molecule has 3 rings (SSSR count). The lowest BCUT2D eigenvalue weighted by atomic mass is 9.98. The van der Waals surface area contributed by atoms with Crippen LogP contribution in [0.1, 0.15) is 46.1 Å². The molecule has 2 aliphatic rings. The number of amides is 2. The fourth-order valence-corrected chi connectivity index (χ4v) is 3.80. The van der Waals surface area contributed by atoms with Crippen LogP contribution in [-0.4, -0.2) is 55.1 Å². The van der Waals surface area contributed by atoms with E-state index in [0.717, 1.165) is 43.0 Å². The second-order valence-electron chi connectivity index (χ2n) is 8.42. The Hall–Kier alpha value is -2.61. The predicted octanol–water partition coefficient (Wildman–Crippen LogP) is 2.74. The molecule has 30 heavy (non-hydrogen) atoms. The van der Waals surface area contributed by atoms with Crippen LogP contribution in [-0.2, 0) is 9.63 Å². The number of rotatable bonds is 5. The van der Waals surface area contributed by atoms with Gasteiger partial charge in [-0.1, -0.05) is 32.9 Å². The number of hydrogen-bond acceptors (Lipinski definition) is 6. The number of amidine groups is 1. The molecule has 8 heteroatoms. The van der Waals surface area contributed by atoms with Crippen LogP contribution in [0.25, 0.3) is 0 Å². The molecule has 0 aliphatic carbocycles. The van der Waals surface area contributed by atoms with Gasteiger partial charge in [-0.3, -0.25) is 4.79 Å². The fourth-order valence-electron chi connectivity index (χ4n) is 3.80. The fraction of sp³-hybridized carbons (Fsp3) is 0.591. The van der Waals surface area contributed by atoms with E-state index in [-0.39, 0.29) is 11.8 Å². The van der Waals surface area contributed by atoms with Crippen molar-refractivity contribution in [2.24, 2.45) is 16.8 Å². The van der Waals surface area contributed by atoms with Gasteiger partial charge in [-0.05, 0) is 43.7 Å². The molecule has 8 nitrogen and oxygen atoms in total. The second kappa shape index (κ2) is 9.93. The van der Waals surface area contributed by atoms with Crippen molar-refractivity contribution in [3.05, 3.63) is 29.8 Å². The first-order chi connectivity index (χ1) is 14.4. The summed E-state index contributed by atoms with van der Waals surface area (Å²) in [5.74, 6) is 1.48. The molecule has 1 fully saturated rings. The first-order valence-corrected chi connectivity index (χ1v) is 10.8. The highest BCUT2D eigenvalue weighted by atomic mass is 16.7. The number of anilines is 1. The van der Waals surface area contributed by atoms with Gasteiger partial charge in [0.2, 0.25) is 6.17 Å². The lowest BCUT2D eigenvalue weighted by molar-refractivity contribution is -0.123. The monoisotopic (exact) mass is 415 g/mol. The number of hydrogen-bond donors (Lipinski definition) is 2. The molecule has 0 saturated carbocycles. The quantitative estimate of drug-likeness (QED) is 0.722. The van der Waals surface area contributed by atoms with Crippen LogP contribution in [0.2, 0.25) is 0 Å². The zero-order valence-corrected chi connectivity index (χ0v) is 18.4. The van der Waals surface area contributed by atoms with Gasteiger partial charge in [0.1, 0.15) is 5.84 Å². The van der Waals surface area contributed by atoms with Crippen LogP contribution in [0, 0.1) is 11.8 Å². The minimum atomic E-state index is -1.01. The molecule has 0 spiro atoms. The molecule has 1 aromatic rings. The SMILES string of the molecule is CCNC(=O)ONC1N=C(N2CCC(C)CC2)c2ccccc2N(CC(C)C)C1=O. The molecular weight excluding hydrogens is 382 g/mol. The average molecular weight is 416 g/mol. The zero-order chi connectivity index (χ0) is 21.7. The number of carbonyl (C=O) groups is 2. The van der Waals surface area contributed by atoms with Gasteiger partial charge in [0.15, 0.2) is 0 Å². The average Bonchev–Trinajstić information content (AvgIpc) is 2.83. The van der Waals surface area contributed by atoms with Crippen LogP contribution >= 0.6 is 0 Å². The van der Waals surface area contributed by atoms with Gasteiger partial charge in [0, 0.05) is 31.7 Å². The minimum absolute atomic E-state index is 0.235. The van der Waals surface area contributed by atoms with Gasteiger partial charge in [0.25, 0.3) is 5.91 Å². The summed E-state index contributed by atoms with van der Waals surface area (Å²) in [5.41, 5.74) is 4.37. The van der Waals surface area contributed by atoms with Gasteiger partial charge in [-0.25, -0.2) is 9.79 Å². The number of benzodiazepines with no additional fused rings is 1. The Kier molecular flexibility index (Phi) is 7.31. The summed E-state index contributed by atoms with van der Waals surface area (Å²) in [4.78, 5) is 39.1. The van der Waals surface area contributed by atoms with Gasteiger partial charge < -0.3 is 20.0 Å². The normalized spacial score (nSPS) is 20.0. The van der Waals surface area contributed by atoms with Crippen molar-refractivity contribution in [2.45, 2.75) is 46.7 Å². The van der Waals surface area contributed by atoms with Crippen molar-refractivity contribution >= 4 is 23.5 Å². The van der Waals surface area contributed by atoms with Crippen LogP contribution in [0.5, 0.6) is 0 Å². The summed E-state index contributed by atoms with van der Waals surface area (Å²) in [7, 11) is 0. The Morgan fingerprint density at radius 3 is 2.63 bits per heavy atom. The molecule has 0 aromatic heterocycles. The van der Waals surface area contributed by atoms with E-state index < -0.39 is 12.3 Å². The predicted molar refractivity (Wildman–Crippen MR) is 117 cm³/mol. The largest absolute Gasteiger partial charge is 0.426 e. The number of fused-ring (bicyclic) bond motifs is 1. The van der Waals surface area contributed by atoms with Crippen molar-refractivity contribution in [3.8, 4) is 0 Å². The number of nitrogens with zero attached hydrogens (tertiary/aromatic N) is 3. The number of likely N-dealkylation sites (tertiary alicyclic amines) is 1. The Balaban J connectivity index is 1.98.